The SMILES string of the molecule is Cc1ccccc1-c1cc(C(=O)N(C)Cc2sccc2C)c2cnn(C(C)C)c2n1. The molecule has 3 aromatic heterocycles. The highest BCUT2D eigenvalue weighted by atomic mass is 32.1. The molecule has 0 aliphatic carbocycles. The van der Waals surface area contributed by atoms with Gasteiger partial charge in [-0.2, -0.15) is 5.10 Å². The van der Waals surface area contributed by atoms with Crippen molar-refractivity contribution < 1.29 is 4.79 Å². The number of hydrogen-bond acceptors (Lipinski definition) is 4. The minimum absolute atomic E-state index is 0.0201. The molecule has 4 aromatic rings. The number of pyridine rings is 1. The number of rotatable bonds is 5. The summed E-state index contributed by atoms with van der Waals surface area (Å²) in [6.07, 6.45) is 1.77. The highest BCUT2D eigenvalue weighted by molar-refractivity contribution is 7.10. The molecule has 6 heteroatoms. The summed E-state index contributed by atoms with van der Waals surface area (Å²) in [7, 11) is 1.86. The van der Waals surface area contributed by atoms with Crippen LogP contribution in [0.5, 0.6) is 0 Å². The fraction of sp³-hybridized carbons (Fsp3) is 0.292. The lowest BCUT2D eigenvalue weighted by Crippen LogP contribution is -2.26. The van der Waals surface area contributed by atoms with E-state index in [2.05, 4.69) is 50.3 Å². The largest absolute Gasteiger partial charge is 0.337 e. The Bertz CT molecular complexity index is 1220. The van der Waals surface area contributed by atoms with Crippen molar-refractivity contribution in [3.63, 3.8) is 0 Å². The first-order valence-electron chi connectivity index (χ1n) is 10.1. The summed E-state index contributed by atoms with van der Waals surface area (Å²) in [5, 5.41) is 7.39. The van der Waals surface area contributed by atoms with Gasteiger partial charge in [0.05, 0.1) is 29.4 Å². The standard InChI is InChI=1S/C24H26N4OS/c1-15(2)28-23-20(13-25-28)19(12-21(26-23)18-9-7-6-8-16(18)3)24(29)27(5)14-22-17(4)10-11-30-22/h6-13,15H,14H2,1-5H3. The van der Waals surface area contributed by atoms with E-state index in [1.54, 1.807) is 22.4 Å². The third-order valence-corrected chi connectivity index (χ3v) is 6.41. The van der Waals surface area contributed by atoms with Gasteiger partial charge >= 0.3 is 0 Å². The van der Waals surface area contributed by atoms with Crippen LogP contribution < -0.4 is 0 Å². The van der Waals surface area contributed by atoms with E-state index in [0.717, 1.165) is 27.9 Å². The third kappa shape index (κ3) is 3.63. The smallest absolute Gasteiger partial charge is 0.254 e. The number of amides is 1. The fourth-order valence-corrected chi connectivity index (χ4v) is 4.59. The lowest BCUT2D eigenvalue weighted by atomic mass is 10.0. The normalized spacial score (nSPS) is 11.4. The van der Waals surface area contributed by atoms with Crippen molar-refractivity contribution in [2.24, 2.45) is 0 Å². The van der Waals surface area contributed by atoms with Gasteiger partial charge in [0, 0.05) is 23.5 Å². The van der Waals surface area contributed by atoms with Gasteiger partial charge in [-0.25, -0.2) is 9.67 Å². The zero-order chi connectivity index (χ0) is 21.4. The first kappa shape index (κ1) is 20.3. The molecule has 0 fully saturated rings. The molecule has 0 saturated heterocycles. The highest BCUT2D eigenvalue weighted by Crippen LogP contribution is 2.29. The number of fused-ring (bicyclic) bond motifs is 1. The van der Waals surface area contributed by atoms with Crippen molar-refractivity contribution >= 4 is 28.3 Å². The summed E-state index contributed by atoms with van der Waals surface area (Å²) in [5.74, 6) is -0.0201. The van der Waals surface area contributed by atoms with Gasteiger partial charge in [-0.15, -0.1) is 11.3 Å². The van der Waals surface area contributed by atoms with Gasteiger partial charge in [0.1, 0.15) is 0 Å². The molecule has 30 heavy (non-hydrogen) atoms. The molecule has 0 spiro atoms. The molecule has 0 N–H and O–H groups in total. The van der Waals surface area contributed by atoms with Crippen molar-refractivity contribution in [3.8, 4) is 11.3 Å². The first-order valence-corrected chi connectivity index (χ1v) is 11.0. The van der Waals surface area contributed by atoms with Crippen molar-refractivity contribution in [1.29, 1.82) is 0 Å². The van der Waals surface area contributed by atoms with Gasteiger partial charge in [-0.3, -0.25) is 4.79 Å². The Morgan fingerprint density at radius 1 is 1.17 bits per heavy atom. The Morgan fingerprint density at radius 2 is 1.93 bits per heavy atom. The van der Waals surface area contributed by atoms with Crippen LogP contribution >= 0.6 is 11.3 Å². The zero-order valence-electron chi connectivity index (χ0n) is 18.0. The highest BCUT2D eigenvalue weighted by Gasteiger charge is 2.22. The lowest BCUT2D eigenvalue weighted by Gasteiger charge is -2.18. The Morgan fingerprint density at radius 3 is 2.60 bits per heavy atom. The third-order valence-electron chi connectivity index (χ3n) is 5.40. The summed E-state index contributed by atoms with van der Waals surface area (Å²) in [6, 6.07) is 12.3. The van der Waals surface area contributed by atoms with Crippen molar-refractivity contribution in [3.05, 3.63) is 69.5 Å². The number of thiophene rings is 1. The van der Waals surface area contributed by atoms with Crippen LogP contribution in [0.3, 0.4) is 0 Å². The molecule has 1 amide bonds. The van der Waals surface area contributed by atoms with Gasteiger partial charge in [0.25, 0.3) is 5.91 Å². The molecule has 0 unspecified atom stereocenters. The van der Waals surface area contributed by atoms with Gasteiger partial charge in [0.15, 0.2) is 5.65 Å². The molecule has 4 rings (SSSR count). The van der Waals surface area contributed by atoms with E-state index in [4.69, 9.17) is 4.98 Å². The molecule has 0 atom stereocenters. The number of aryl methyl sites for hydroxylation is 2. The second-order valence-electron chi connectivity index (χ2n) is 7.98. The van der Waals surface area contributed by atoms with Crippen LogP contribution in [0.25, 0.3) is 22.3 Å². The van der Waals surface area contributed by atoms with E-state index in [1.807, 2.05) is 36.0 Å². The topological polar surface area (TPSA) is 51.0 Å². The van der Waals surface area contributed by atoms with Crippen LogP contribution in [0.15, 0.2) is 48.0 Å². The Labute approximate surface area is 181 Å². The van der Waals surface area contributed by atoms with Crippen LogP contribution in [-0.4, -0.2) is 32.6 Å². The quantitative estimate of drug-likeness (QED) is 0.422. The molecule has 0 radical (unpaired) electrons. The van der Waals surface area contributed by atoms with E-state index in [-0.39, 0.29) is 11.9 Å². The monoisotopic (exact) mass is 418 g/mol. The van der Waals surface area contributed by atoms with Gasteiger partial charge in [-0.05, 0) is 56.3 Å². The molecular formula is C24H26N4OS. The average Bonchev–Trinajstić information content (AvgIpc) is 3.33. The minimum Gasteiger partial charge on any atom is -0.337 e. The van der Waals surface area contributed by atoms with Gasteiger partial charge < -0.3 is 4.90 Å². The molecular weight excluding hydrogens is 392 g/mol. The summed E-state index contributed by atoms with van der Waals surface area (Å²) in [6.45, 7) is 8.87. The van der Waals surface area contributed by atoms with Crippen molar-refractivity contribution in [2.75, 3.05) is 7.05 Å². The maximum atomic E-state index is 13.5. The minimum atomic E-state index is -0.0201. The van der Waals surface area contributed by atoms with Gasteiger partial charge in [-0.1, -0.05) is 24.3 Å². The number of carbonyl (C=O) groups excluding carboxylic acids is 1. The Kier molecular flexibility index (Phi) is 5.43. The van der Waals surface area contributed by atoms with E-state index < -0.39 is 0 Å². The molecule has 0 aliphatic rings. The summed E-state index contributed by atoms with van der Waals surface area (Å²) >= 11 is 1.68. The number of hydrogen-bond donors (Lipinski definition) is 0. The molecule has 0 aliphatic heterocycles. The first-order chi connectivity index (χ1) is 14.4. The predicted octanol–water partition coefficient (Wildman–Crippen LogP) is 5.63. The lowest BCUT2D eigenvalue weighted by molar-refractivity contribution is 0.0788. The molecule has 154 valence electrons. The van der Waals surface area contributed by atoms with E-state index in [9.17, 15) is 4.79 Å². The van der Waals surface area contributed by atoms with Crippen LogP contribution in [0.1, 0.15) is 46.3 Å². The average molecular weight is 419 g/mol. The van der Waals surface area contributed by atoms with Crippen LogP contribution in [0, 0.1) is 13.8 Å². The van der Waals surface area contributed by atoms with E-state index in [0.29, 0.717) is 12.1 Å². The molecule has 0 saturated carbocycles. The number of nitrogens with zero attached hydrogens (tertiary/aromatic N) is 4. The summed E-state index contributed by atoms with van der Waals surface area (Å²) in [5.41, 5.74) is 5.55. The predicted molar refractivity (Wildman–Crippen MR) is 123 cm³/mol. The van der Waals surface area contributed by atoms with Crippen molar-refractivity contribution in [1.82, 2.24) is 19.7 Å². The molecule has 0 bridgehead atoms. The second-order valence-corrected chi connectivity index (χ2v) is 8.98. The van der Waals surface area contributed by atoms with E-state index in [1.165, 1.54) is 10.4 Å². The molecule has 3 heterocycles. The Hall–Kier alpha value is -2.99. The van der Waals surface area contributed by atoms with Crippen LogP contribution in [-0.2, 0) is 6.54 Å². The van der Waals surface area contributed by atoms with Crippen molar-refractivity contribution in [2.45, 2.75) is 40.3 Å². The number of aromatic nitrogens is 3. The van der Waals surface area contributed by atoms with Gasteiger partial charge in [0.2, 0.25) is 0 Å². The zero-order valence-corrected chi connectivity index (χ0v) is 18.8. The number of carbonyl (C=O) groups is 1. The number of benzene rings is 1. The maximum Gasteiger partial charge on any atom is 0.254 e. The molecule has 5 nitrogen and oxygen atoms in total. The fourth-order valence-electron chi connectivity index (χ4n) is 3.63. The maximum absolute atomic E-state index is 13.5. The summed E-state index contributed by atoms with van der Waals surface area (Å²) < 4.78 is 1.89. The van der Waals surface area contributed by atoms with Crippen LogP contribution in [0.2, 0.25) is 0 Å². The van der Waals surface area contributed by atoms with E-state index >= 15 is 0 Å². The second kappa shape index (κ2) is 8.03. The molecule has 1 aromatic carbocycles. The summed E-state index contributed by atoms with van der Waals surface area (Å²) in [4.78, 5) is 21.4. The van der Waals surface area contributed by atoms with Crippen LogP contribution in [0.4, 0.5) is 0 Å². The Balaban J connectivity index is 1.84.